The first-order chi connectivity index (χ1) is 13.6. The third kappa shape index (κ3) is 3.97. The molecule has 1 aliphatic rings. The molecule has 0 N–H and O–H groups in total. The number of ether oxygens (including phenoxy) is 1. The predicted molar refractivity (Wildman–Crippen MR) is 110 cm³/mol. The molecule has 0 aliphatic carbocycles. The number of piperazine rings is 1. The molecule has 4 rings (SSSR count). The Balaban J connectivity index is 1.36. The highest BCUT2D eigenvalue weighted by molar-refractivity contribution is 6.31. The minimum absolute atomic E-state index is 0.000171. The SMILES string of the molecule is COc1ccc(/C=C/C(=O)N2CCN(c3nc4cc(Cl)ccc4o3)CC2)cc1. The van der Waals surface area contributed by atoms with Crippen LogP contribution in [0.4, 0.5) is 6.01 Å². The van der Waals surface area contributed by atoms with Crippen molar-refractivity contribution >= 4 is 40.7 Å². The number of halogens is 1. The molecule has 1 saturated heterocycles. The second-order valence-corrected chi connectivity index (χ2v) is 6.96. The fourth-order valence-corrected chi connectivity index (χ4v) is 3.30. The van der Waals surface area contributed by atoms with Crippen molar-refractivity contribution in [1.82, 2.24) is 9.88 Å². The highest BCUT2D eigenvalue weighted by Gasteiger charge is 2.23. The fraction of sp³-hybridized carbons (Fsp3) is 0.238. The topological polar surface area (TPSA) is 58.8 Å². The van der Waals surface area contributed by atoms with Crippen molar-refractivity contribution in [3.63, 3.8) is 0 Å². The monoisotopic (exact) mass is 397 g/mol. The molecule has 0 bridgehead atoms. The van der Waals surface area contributed by atoms with Crippen LogP contribution in [0.3, 0.4) is 0 Å². The van der Waals surface area contributed by atoms with Gasteiger partial charge in [-0.3, -0.25) is 4.79 Å². The van der Waals surface area contributed by atoms with E-state index >= 15 is 0 Å². The number of hydrogen-bond acceptors (Lipinski definition) is 5. The zero-order valence-electron chi connectivity index (χ0n) is 15.5. The predicted octanol–water partition coefficient (Wildman–Crippen LogP) is 3.85. The summed E-state index contributed by atoms with van der Waals surface area (Å²) < 4.78 is 10.9. The van der Waals surface area contributed by atoms with Crippen LogP contribution in [0.15, 0.2) is 53.0 Å². The van der Waals surface area contributed by atoms with E-state index in [1.54, 1.807) is 25.3 Å². The van der Waals surface area contributed by atoms with Crippen LogP contribution < -0.4 is 9.64 Å². The third-order valence-electron chi connectivity index (χ3n) is 4.73. The Morgan fingerprint density at radius 2 is 1.89 bits per heavy atom. The molecule has 144 valence electrons. The van der Waals surface area contributed by atoms with Crippen LogP contribution in [0, 0.1) is 0 Å². The molecule has 6 nitrogen and oxygen atoms in total. The van der Waals surface area contributed by atoms with E-state index in [0.717, 1.165) is 16.8 Å². The molecular formula is C21H20ClN3O3. The molecule has 28 heavy (non-hydrogen) atoms. The van der Waals surface area contributed by atoms with E-state index in [1.165, 1.54) is 0 Å². The van der Waals surface area contributed by atoms with Crippen LogP contribution in [0.1, 0.15) is 5.56 Å². The fourth-order valence-electron chi connectivity index (χ4n) is 3.13. The van der Waals surface area contributed by atoms with Crippen LogP contribution in [0.25, 0.3) is 17.2 Å². The van der Waals surface area contributed by atoms with E-state index in [4.69, 9.17) is 20.8 Å². The number of anilines is 1. The van der Waals surface area contributed by atoms with Gasteiger partial charge < -0.3 is 19.0 Å². The number of nitrogens with zero attached hydrogens (tertiary/aromatic N) is 3. The van der Waals surface area contributed by atoms with Gasteiger partial charge in [-0.05, 0) is 42.0 Å². The molecule has 2 aromatic carbocycles. The maximum absolute atomic E-state index is 12.5. The standard InChI is InChI=1S/C21H20ClN3O3/c1-27-17-6-2-15(3-7-17)4-9-20(26)24-10-12-25(13-11-24)21-23-18-14-16(22)5-8-19(18)28-21/h2-9,14H,10-13H2,1H3/b9-4+. The Morgan fingerprint density at radius 3 is 2.61 bits per heavy atom. The molecule has 7 heteroatoms. The summed E-state index contributed by atoms with van der Waals surface area (Å²) >= 11 is 6.00. The first-order valence-corrected chi connectivity index (χ1v) is 9.42. The van der Waals surface area contributed by atoms with Crippen molar-refractivity contribution in [1.29, 1.82) is 0 Å². The van der Waals surface area contributed by atoms with Crippen LogP contribution in [0.2, 0.25) is 5.02 Å². The van der Waals surface area contributed by atoms with Gasteiger partial charge in [0.15, 0.2) is 5.58 Å². The highest BCUT2D eigenvalue weighted by atomic mass is 35.5. The van der Waals surface area contributed by atoms with E-state index in [-0.39, 0.29) is 5.91 Å². The summed E-state index contributed by atoms with van der Waals surface area (Å²) in [5.41, 5.74) is 2.40. The van der Waals surface area contributed by atoms with Gasteiger partial charge in [0.2, 0.25) is 5.91 Å². The number of carbonyl (C=O) groups excluding carboxylic acids is 1. The molecule has 3 aromatic rings. The normalized spacial score (nSPS) is 14.8. The molecule has 0 spiro atoms. The van der Waals surface area contributed by atoms with E-state index in [0.29, 0.717) is 42.8 Å². The summed E-state index contributed by atoms with van der Waals surface area (Å²) in [5, 5.41) is 0.631. The smallest absolute Gasteiger partial charge is 0.298 e. The van der Waals surface area contributed by atoms with Gasteiger partial charge in [-0.1, -0.05) is 23.7 Å². The average molecular weight is 398 g/mol. The number of carbonyl (C=O) groups is 1. The van der Waals surface area contributed by atoms with Gasteiger partial charge in [0.05, 0.1) is 7.11 Å². The number of oxazole rings is 1. The van der Waals surface area contributed by atoms with E-state index in [2.05, 4.69) is 4.98 Å². The third-order valence-corrected chi connectivity index (χ3v) is 4.97. The summed E-state index contributed by atoms with van der Waals surface area (Å²) in [6.07, 6.45) is 3.43. The molecule has 1 aliphatic heterocycles. The number of amides is 1. The van der Waals surface area contributed by atoms with Crippen molar-refractivity contribution in [3.8, 4) is 5.75 Å². The van der Waals surface area contributed by atoms with Crippen molar-refractivity contribution in [2.24, 2.45) is 0 Å². The van der Waals surface area contributed by atoms with Gasteiger partial charge >= 0.3 is 0 Å². The van der Waals surface area contributed by atoms with Gasteiger partial charge in [0.25, 0.3) is 6.01 Å². The van der Waals surface area contributed by atoms with Crippen LogP contribution in [-0.2, 0) is 4.79 Å². The van der Waals surface area contributed by atoms with Gasteiger partial charge in [-0.2, -0.15) is 4.98 Å². The van der Waals surface area contributed by atoms with Crippen LogP contribution in [0.5, 0.6) is 5.75 Å². The molecule has 1 aromatic heterocycles. The maximum Gasteiger partial charge on any atom is 0.298 e. The maximum atomic E-state index is 12.5. The summed E-state index contributed by atoms with van der Waals surface area (Å²) in [5.74, 6) is 0.792. The van der Waals surface area contributed by atoms with Crippen molar-refractivity contribution in [3.05, 3.63) is 59.1 Å². The molecule has 1 amide bonds. The summed E-state index contributed by atoms with van der Waals surface area (Å²) in [7, 11) is 1.63. The lowest BCUT2D eigenvalue weighted by atomic mass is 10.2. The Kier molecular flexibility index (Phi) is 5.21. The second-order valence-electron chi connectivity index (χ2n) is 6.53. The summed E-state index contributed by atoms with van der Waals surface area (Å²) in [6.45, 7) is 2.57. The number of methoxy groups -OCH3 is 1. The molecule has 0 saturated carbocycles. The second kappa shape index (κ2) is 7.94. The van der Waals surface area contributed by atoms with Crippen molar-refractivity contribution in [2.45, 2.75) is 0 Å². The molecule has 2 heterocycles. The molecule has 0 radical (unpaired) electrons. The Bertz CT molecular complexity index is 1010. The molecule has 0 atom stereocenters. The first-order valence-electron chi connectivity index (χ1n) is 9.04. The number of rotatable bonds is 4. The van der Waals surface area contributed by atoms with Crippen LogP contribution in [-0.4, -0.2) is 49.1 Å². The number of hydrogen-bond donors (Lipinski definition) is 0. The molecule has 1 fully saturated rings. The zero-order chi connectivity index (χ0) is 19.5. The van der Waals surface area contributed by atoms with Crippen LogP contribution >= 0.6 is 11.6 Å². The largest absolute Gasteiger partial charge is 0.497 e. The minimum Gasteiger partial charge on any atom is -0.497 e. The summed E-state index contributed by atoms with van der Waals surface area (Å²) in [6, 6.07) is 13.5. The lowest BCUT2D eigenvalue weighted by molar-refractivity contribution is -0.126. The Morgan fingerprint density at radius 1 is 1.14 bits per heavy atom. The van der Waals surface area contributed by atoms with E-state index in [1.807, 2.05) is 46.2 Å². The average Bonchev–Trinajstić information content (AvgIpc) is 3.15. The lowest BCUT2D eigenvalue weighted by Crippen LogP contribution is -2.48. The zero-order valence-corrected chi connectivity index (χ0v) is 16.2. The lowest BCUT2D eigenvalue weighted by Gasteiger charge is -2.33. The summed E-state index contributed by atoms with van der Waals surface area (Å²) in [4.78, 5) is 20.8. The van der Waals surface area contributed by atoms with Gasteiger partial charge in [0, 0.05) is 37.3 Å². The quantitative estimate of drug-likeness (QED) is 0.626. The van der Waals surface area contributed by atoms with Gasteiger partial charge in [0.1, 0.15) is 11.3 Å². The highest BCUT2D eigenvalue weighted by Crippen LogP contribution is 2.25. The van der Waals surface area contributed by atoms with Crippen molar-refractivity contribution in [2.75, 3.05) is 38.2 Å². The van der Waals surface area contributed by atoms with Gasteiger partial charge in [-0.25, -0.2) is 0 Å². The first kappa shape index (κ1) is 18.4. The van der Waals surface area contributed by atoms with E-state index in [9.17, 15) is 4.79 Å². The van der Waals surface area contributed by atoms with E-state index < -0.39 is 0 Å². The Hall–Kier alpha value is -2.99. The molecular weight excluding hydrogens is 378 g/mol. The Labute approximate surface area is 168 Å². The van der Waals surface area contributed by atoms with Crippen molar-refractivity contribution < 1.29 is 13.9 Å². The minimum atomic E-state index is -0.000171. The molecule has 0 unspecified atom stereocenters. The number of aromatic nitrogens is 1. The number of fused-ring (bicyclic) bond motifs is 1. The van der Waals surface area contributed by atoms with Gasteiger partial charge in [-0.15, -0.1) is 0 Å². The number of benzene rings is 2.